The van der Waals surface area contributed by atoms with Gasteiger partial charge in [-0.05, 0) is 57.1 Å². The second kappa shape index (κ2) is 7.82. The van der Waals surface area contributed by atoms with Crippen molar-refractivity contribution in [2.45, 2.75) is 50.6 Å². The number of benzene rings is 1. The zero-order valence-corrected chi connectivity index (χ0v) is 12.5. The molecule has 0 heterocycles. The normalized spacial score (nSPS) is 11.8. The van der Waals surface area contributed by atoms with E-state index in [1.165, 1.54) is 10.5 Å². The van der Waals surface area contributed by atoms with Crippen molar-refractivity contribution in [3.8, 4) is 0 Å². The lowest BCUT2D eigenvalue weighted by Gasteiger charge is -2.20. The smallest absolute Gasteiger partial charge is 0.0431 e. The summed E-state index contributed by atoms with van der Waals surface area (Å²) in [4.78, 5) is 1.32. The van der Waals surface area contributed by atoms with Gasteiger partial charge in [0.15, 0.2) is 0 Å². The van der Waals surface area contributed by atoms with Crippen LogP contribution in [0.5, 0.6) is 0 Å². The Morgan fingerprint density at radius 3 is 2.67 bits per heavy atom. The van der Waals surface area contributed by atoms with E-state index in [0.29, 0.717) is 6.61 Å². The van der Waals surface area contributed by atoms with Crippen molar-refractivity contribution in [1.29, 1.82) is 0 Å². The molecular formula is C15H25NOS. The summed E-state index contributed by atoms with van der Waals surface area (Å²) in [5, 5.41) is 12.2. The molecule has 0 unspecified atom stereocenters. The first-order valence-electron chi connectivity index (χ1n) is 6.59. The maximum Gasteiger partial charge on any atom is 0.0431 e. The van der Waals surface area contributed by atoms with Gasteiger partial charge >= 0.3 is 0 Å². The Labute approximate surface area is 115 Å². The quantitative estimate of drug-likeness (QED) is 0.586. The molecule has 102 valence electrons. The molecule has 0 bridgehead atoms. The zero-order valence-electron chi connectivity index (χ0n) is 11.7. The molecule has 0 amide bonds. The Hall–Kier alpha value is -0.510. The van der Waals surface area contributed by atoms with E-state index in [4.69, 9.17) is 5.11 Å². The van der Waals surface area contributed by atoms with Gasteiger partial charge in [0, 0.05) is 23.6 Å². The van der Waals surface area contributed by atoms with E-state index in [1.54, 1.807) is 0 Å². The highest BCUT2D eigenvalue weighted by Crippen LogP contribution is 2.20. The first-order valence-corrected chi connectivity index (χ1v) is 7.57. The molecule has 2 nitrogen and oxygen atoms in total. The largest absolute Gasteiger partial charge is 0.396 e. The summed E-state index contributed by atoms with van der Waals surface area (Å²) in [6.45, 7) is 7.76. The van der Waals surface area contributed by atoms with Crippen LogP contribution in [0.2, 0.25) is 0 Å². The van der Waals surface area contributed by atoms with Crippen LogP contribution in [0.25, 0.3) is 0 Å². The number of nitrogens with one attached hydrogen (secondary N) is 1. The minimum Gasteiger partial charge on any atom is -0.396 e. The molecule has 1 rings (SSSR count). The first-order chi connectivity index (χ1) is 8.51. The van der Waals surface area contributed by atoms with E-state index in [-0.39, 0.29) is 5.54 Å². The molecule has 0 spiro atoms. The molecule has 0 saturated heterocycles. The molecule has 18 heavy (non-hydrogen) atoms. The van der Waals surface area contributed by atoms with E-state index in [2.05, 4.69) is 50.4 Å². The number of thioether (sulfide) groups is 1. The van der Waals surface area contributed by atoms with Gasteiger partial charge in [-0.15, -0.1) is 11.8 Å². The van der Waals surface area contributed by atoms with Gasteiger partial charge < -0.3 is 10.4 Å². The molecule has 3 heteroatoms. The van der Waals surface area contributed by atoms with Crippen molar-refractivity contribution < 1.29 is 5.11 Å². The molecule has 0 fully saturated rings. The number of aliphatic hydroxyl groups excluding tert-OH is 1. The van der Waals surface area contributed by atoms with Crippen LogP contribution in [0.15, 0.2) is 29.2 Å². The van der Waals surface area contributed by atoms with Gasteiger partial charge in [-0.3, -0.25) is 0 Å². The van der Waals surface area contributed by atoms with Gasteiger partial charge in [-0.1, -0.05) is 12.1 Å². The fourth-order valence-electron chi connectivity index (χ4n) is 1.52. The highest BCUT2D eigenvalue weighted by atomic mass is 32.2. The SMILES string of the molecule is CC(C)(C)NCc1cccc(SCCCCO)c1. The Bertz CT molecular complexity index is 347. The van der Waals surface area contributed by atoms with Crippen molar-refractivity contribution in [1.82, 2.24) is 5.32 Å². The summed E-state index contributed by atoms with van der Waals surface area (Å²) in [7, 11) is 0. The predicted molar refractivity (Wildman–Crippen MR) is 80.1 cm³/mol. The van der Waals surface area contributed by atoms with Crippen molar-refractivity contribution in [2.24, 2.45) is 0 Å². The molecular weight excluding hydrogens is 242 g/mol. The van der Waals surface area contributed by atoms with Crippen LogP contribution in [0.3, 0.4) is 0 Å². The van der Waals surface area contributed by atoms with Crippen LogP contribution in [-0.4, -0.2) is 23.0 Å². The molecule has 1 aromatic carbocycles. The van der Waals surface area contributed by atoms with Crippen LogP contribution in [0.1, 0.15) is 39.2 Å². The molecule has 1 aromatic rings. The molecule has 0 aliphatic heterocycles. The molecule has 0 aromatic heterocycles. The Morgan fingerprint density at radius 1 is 1.22 bits per heavy atom. The average Bonchev–Trinajstić information content (AvgIpc) is 2.32. The fourth-order valence-corrected chi connectivity index (χ4v) is 2.51. The van der Waals surface area contributed by atoms with Crippen LogP contribution < -0.4 is 5.32 Å². The summed E-state index contributed by atoms with van der Waals surface area (Å²) < 4.78 is 0. The lowest BCUT2D eigenvalue weighted by molar-refractivity contribution is 0.287. The highest BCUT2D eigenvalue weighted by Gasteiger charge is 2.08. The number of hydrogen-bond acceptors (Lipinski definition) is 3. The monoisotopic (exact) mass is 267 g/mol. The maximum absolute atomic E-state index is 8.74. The third kappa shape index (κ3) is 7.04. The van der Waals surface area contributed by atoms with Gasteiger partial charge in [0.1, 0.15) is 0 Å². The van der Waals surface area contributed by atoms with Crippen LogP contribution in [-0.2, 0) is 6.54 Å². The van der Waals surface area contributed by atoms with E-state index in [9.17, 15) is 0 Å². The van der Waals surface area contributed by atoms with Gasteiger partial charge in [0.2, 0.25) is 0 Å². The summed E-state index contributed by atoms with van der Waals surface area (Å²) in [5.41, 5.74) is 1.49. The average molecular weight is 267 g/mol. The van der Waals surface area contributed by atoms with E-state index in [1.807, 2.05) is 11.8 Å². The first kappa shape index (κ1) is 15.5. The molecule has 0 aliphatic carbocycles. The molecule has 0 atom stereocenters. The van der Waals surface area contributed by atoms with E-state index in [0.717, 1.165) is 25.1 Å². The Morgan fingerprint density at radius 2 is 2.00 bits per heavy atom. The molecule has 2 N–H and O–H groups in total. The van der Waals surface area contributed by atoms with Gasteiger partial charge in [0.05, 0.1) is 0 Å². The van der Waals surface area contributed by atoms with E-state index >= 15 is 0 Å². The summed E-state index contributed by atoms with van der Waals surface area (Å²) in [6, 6.07) is 8.69. The lowest BCUT2D eigenvalue weighted by Crippen LogP contribution is -2.35. The second-order valence-corrected chi connectivity index (χ2v) is 6.70. The third-order valence-corrected chi connectivity index (χ3v) is 3.62. The van der Waals surface area contributed by atoms with Crippen LogP contribution in [0.4, 0.5) is 0 Å². The standard InChI is InChI=1S/C15H25NOS/c1-15(2,3)16-12-13-7-6-8-14(11-13)18-10-5-4-9-17/h6-8,11,16-17H,4-5,9-10,12H2,1-3H3. The van der Waals surface area contributed by atoms with Gasteiger partial charge in [-0.25, -0.2) is 0 Å². The molecule has 0 radical (unpaired) electrons. The summed E-state index contributed by atoms with van der Waals surface area (Å²) in [6.07, 6.45) is 1.98. The summed E-state index contributed by atoms with van der Waals surface area (Å²) in [5.74, 6) is 1.08. The van der Waals surface area contributed by atoms with Crippen molar-refractivity contribution in [2.75, 3.05) is 12.4 Å². The molecule has 0 aliphatic rings. The third-order valence-electron chi connectivity index (χ3n) is 2.54. The second-order valence-electron chi connectivity index (χ2n) is 5.53. The Kier molecular flexibility index (Phi) is 6.76. The minimum absolute atomic E-state index is 0.157. The topological polar surface area (TPSA) is 32.3 Å². The van der Waals surface area contributed by atoms with E-state index < -0.39 is 0 Å². The minimum atomic E-state index is 0.157. The van der Waals surface area contributed by atoms with Crippen LogP contribution in [0, 0.1) is 0 Å². The highest BCUT2D eigenvalue weighted by molar-refractivity contribution is 7.99. The van der Waals surface area contributed by atoms with Crippen molar-refractivity contribution in [3.05, 3.63) is 29.8 Å². The predicted octanol–water partition coefficient (Wildman–Crippen LogP) is 3.44. The fraction of sp³-hybridized carbons (Fsp3) is 0.600. The van der Waals surface area contributed by atoms with Crippen molar-refractivity contribution >= 4 is 11.8 Å². The van der Waals surface area contributed by atoms with Crippen molar-refractivity contribution in [3.63, 3.8) is 0 Å². The van der Waals surface area contributed by atoms with Gasteiger partial charge in [0.25, 0.3) is 0 Å². The van der Waals surface area contributed by atoms with Crippen LogP contribution >= 0.6 is 11.8 Å². The maximum atomic E-state index is 8.74. The lowest BCUT2D eigenvalue weighted by atomic mass is 10.1. The summed E-state index contributed by atoms with van der Waals surface area (Å²) >= 11 is 1.87. The zero-order chi connectivity index (χ0) is 13.4. The Balaban J connectivity index is 2.41. The number of aliphatic hydroxyl groups is 1. The molecule has 0 saturated carbocycles. The number of unbranched alkanes of at least 4 members (excludes halogenated alkanes) is 1. The number of hydrogen-bond donors (Lipinski definition) is 2. The number of rotatable bonds is 7. The van der Waals surface area contributed by atoms with Gasteiger partial charge in [-0.2, -0.15) is 0 Å².